The van der Waals surface area contributed by atoms with Crippen LogP contribution in [0.5, 0.6) is 0 Å². The Kier molecular flexibility index (Phi) is 5.05. The van der Waals surface area contributed by atoms with E-state index >= 15 is 0 Å². The van der Waals surface area contributed by atoms with Gasteiger partial charge < -0.3 is 16.4 Å². The van der Waals surface area contributed by atoms with Crippen molar-refractivity contribution in [3.63, 3.8) is 0 Å². The quantitative estimate of drug-likeness (QED) is 0.439. The van der Waals surface area contributed by atoms with Crippen LogP contribution in [0.3, 0.4) is 0 Å². The summed E-state index contributed by atoms with van der Waals surface area (Å²) < 4.78 is 0. The van der Waals surface area contributed by atoms with Crippen molar-refractivity contribution >= 4 is 17.7 Å². The predicted octanol–water partition coefficient (Wildman–Crippen LogP) is -2.37. The SMILES string of the molecule is CC(C)[C@H](N)C(=O)NCC(=O)N[C@@H]1CONC1=O. The number of carbonyl (C=O) groups is 3. The van der Waals surface area contributed by atoms with Gasteiger partial charge in [-0.15, -0.1) is 0 Å². The molecule has 2 atom stereocenters. The number of hydrogen-bond acceptors (Lipinski definition) is 5. The van der Waals surface area contributed by atoms with E-state index in [1.807, 2.05) is 13.8 Å². The molecule has 1 aliphatic heterocycles. The zero-order valence-electron chi connectivity index (χ0n) is 10.4. The fraction of sp³-hybridized carbons (Fsp3) is 0.700. The molecule has 3 amide bonds. The molecule has 0 spiro atoms. The van der Waals surface area contributed by atoms with E-state index in [1.165, 1.54) is 0 Å². The van der Waals surface area contributed by atoms with Crippen molar-refractivity contribution in [1.82, 2.24) is 16.1 Å². The maximum atomic E-state index is 11.5. The highest BCUT2D eigenvalue weighted by molar-refractivity contribution is 5.91. The van der Waals surface area contributed by atoms with Crippen LogP contribution in [0.2, 0.25) is 0 Å². The Morgan fingerprint density at radius 3 is 2.72 bits per heavy atom. The lowest BCUT2D eigenvalue weighted by atomic mass is 10.1. The fourth-order valence-corrected chi connectivity index (χ4v) is 1.28. The lowest BCUT2D eigenvalue weighted by Gasteiger charge is -2.15. The zero-order valence-corrected chi connectivity index (χ0v) is 10.4. The van der Waals surface area contributed by atoms with E-state index in [9.17, 15) is 14.4 Å². The summed E-state index contributed by atoms with van der Waals surface area (Å²) in [6, 6.07) is -1.37. The highest BCUT2D eigenvalue weighted by Gasteiger charge is 2.27. The van der Waals surface area contributed by atoms with Gasteiger partial charge in [0, 0.05) is 0 Å². The second kappa shape index (κ2) is 6.31. The van der Waals surface area contributed by atoms with Crippen LogP contribution in [0.4, 0.5) is 0 Å². The van der Waals surface area contributed by atoms with E-state index in [4.69, 9.17) is 5.73 Å². The van der Waals surface area contributed by atoms with Crippen LogP contribution >= 0.6 is 0 Å². The largest absolute Gasteiger partial charge is 0.346 e. The summed E-state index contributed by atoms with van der Waals surface area (Å²) in [5.41, 5.74) is 7.72. The molecule has 1 aliphatic rings. The summed E-state index contributed by atoms with van der Waals surface area (Å²) in [5, 5.41) is 4.82. The topological polar surface area (TPSA) is 123 Å². The minimum Gasteiger partial charge on any atom is -0.346 e. The van der Waals surface area contributed by atoms with E-state index in [-0.39, 0.29) is 19.1 Å². The average Bonchev–Trinajstić information content (AvgIpc) is 2.70. The minimum absolute atomic E-state index is 0.0120. The van der Waals surface area contributed by atoms with Crippen LogP contribution in [0.15, 0.2) is 0 Å². The highest BCUT2D eigenvalue weighted by Crippen LogP contribution is 1.97. The van der Waals surface area contributed by atoms with Crippen molar-refractivity contribution in [3.05, 3.63) is 0 Å². The average molecular weight is 258 g/mol. The number of amides is 3. The van der Waals surface area contributed by atoms with Crippen molar-refractivity contribution in [1.29, 1.82) is 0 Å². The Bertz CT molecular complexity index is 345. The second-order valence-corrected chi connectivity index (χ2v) is 4.39. The van der Waals surface area contributed by atoms with Crippen molar-refractivity contribution in [3.8, 4) is 0 Å². The number of nitrogens with two attached hydrogens (primary N) is 1. The van der Waals surface area contributed by atoms with Crippen molar-refractivity contribution < 1.29 is 19.2 Å². The second-order valence-electron chi connectivity index (χ2n) is 4.39. The van der Waals surface area contributed by atoms with E-state index < -0.39 is 29.8 Å². The Morgan fingerprint density at radius 2 is 2.22 bits per heavy atom. The molecular formula is C10H18N4O4. The third-order valence-corrected chi connectivity index (χ3v) is 2.52. The third-order valence-electron chi connectivity index (χ3n) is 2.52. The van der Waals surface area contributed by atoms with Gasteiger partial charge in [0.25, 0.3) is 5.91 Å². The summed E-state index contributed by atoms with van der Waals surface area (Å²) >= 11 is 0. The van der Waals surface area contributed by atoms with Gasteiger partial charge in [0.1, 0.15) is 12.6 Å². The van der Waals surface area contributed by atoms with Crippen LogP contribution in [-0.4, -0.2) is 43.0 Å². The number of nitrogens with one attached hydrogen (secondary N) is 3. The molecule has 0 aromatic heterocycles. The molecule has 5 N–H and O–H groups in total. The number of rotatable bonds is 5. The first-order chi connectivity index (χ1) is 8.41. The molecule has 1 saturated heterocycles. The van der Waals surface area contributed by atoms with Crippen LogP contribution in [0, 0.1) is 5.92 Å². The van der Waals surface area contributed by atoms with E-state index in [2.05, 4.69) is 21.0 Å². The van der Waals surface area contributed by atoms with Gasteiger partial charge in [-0.25, -0.2) is 5.48 Å². The van der Waals surface area contributed by atoms with E-state index in [0.29, 0.717) is 0 Å². The van der Waals surface area contributed by atoms with Gasteiger partial charge in [-0.05, 0) is 5.92 Å². The summed E-state index contributed by atoms with van der Waals surface area (Å²) in [5.74, 6) is -1.28. The van der Waals surface area contributed by atoms with Crippen LogP contribution < -0.4 is 21.8 Å². The smallest absolute Gasteiger partial charge is 0.268 e. The summed E-state index contributed by atoms with van der Waals surface area (Å²) in [4.78, 5) is 38.6. The molecule has 0 aromatic rings. The van der Waals surface area contributed by atoms with E-state index in [0.717, 1.165) is 0 Å². The van der Waals surface area contributed by atoms with Gasteiger partial charge in [0.2, 0.25) is 11.8 Å². The van der Waals surface area contributed by atoms with Gasteiger partial charge in [-0.2, -0.15) is 0 Å². The third kappa shape index (κ3) is 3.97. The Labute approximate surface area is 105 Å². The molecule has 1 heterocycles. The lowest BCUT2D eigenvalue weighted by molar-refractivity contribution is -0.129. The number of hydrogen-bond donors (Lipinski definition) is 4. The van der Waals surface area contributed by atoms with Crippen LogP contribution in [-0.2, 0) is 19.2 Å². The molecule has 8 heteroatoms. The molecule has 1 fully saturated rings. The van der Waals surface area contributed by atoms with Gasteiger partial charge in [0.05, 0.1) is 12.6 Å². The standard InChI is InChI=1S/C10H18N4O4/c1-5(2)8(11)10(17)12-3-7(15)13-6-4-18-14-9(6)16/h5-6,8H,3-4,11H2,1-2H3,(H,12,17)(H,13,15)(H,14,16)/t6-,8+/m1/s1. The normalized spacial score (nSPS) is 20.4. The molecular weight excluding hydrogens is 240 g/mol. The molecule has 0 bridgehead atoms. The first kappa shape index (κ1) is 14.4. The van der Waals surface area contributed by atoms with Crippen LogP contribution in [0.25, 0.3) is 0 Å². The molecule has 18 heavy (non-hydrogen) atoms. The number of hydroxylamine groups is 1. The van der Waals surface area contributed by atoms with E-state index in [1.54, 1.807) is 0 Å². The van der Waals surface area contributed by atoms with Crippen molar-refractivity contribution in [2.75, 3.05) is 13.2 Å². The molecule has 1 rings (SSSR count). The van der Waals surface area contributed by atoms with Crippen molar-refractivity contribution in [2.45, 2.75) is 25.9 Å². The fourth-order valence-electron chi connectivity index (χ4n) is 1.28. The van der Waals surface area contributed by atoms with Crippen LogP contribution in [0.1, 0.15) is 13.8 Å². The van der Waals surface area contributed by atoms with Gasteiger partial charge in [-0.3, -0.25) is 19.2 Å². The predicted molar refractivity (Wildman–Crippen MR) is 61.8 cm³/mol. The van der Waals surface area contributed by atoms with Gasteiger partial charge >= 0.3 is 0 Å². The highest BCUT2D eigenvalue weighted by atomic mass is 16.7. The maximum Gasteiger partial charge on any atom is 0.268 e. The Morgan fingerprint density at radius 1 is 1.56 bits per heavy atom. The molecule has 0 aliphatic carbocycles. The monoisotopic (exact) mass is 258 g/mol. The molecule has 0 aromatic carbocycles. The summed E-state index contributed by atoms with van der Waals surface area (Å²) in [7, 11) is 0. The lowest BCUT2D eigenvalue weighted by Crippen LogP contribution is -2.49. The zero-order chi connectivity index (χ0) is 13.7. The minimum atomic E-state index is -0.715. The first-order valence-corrected chi connectivity index (χ1v) is 5.66. The molecule has 102 valence electrons. The van der Waals surface area contributed by atoms with Gasteiger partial charge in [-0.1, -0.05) is 13.8 Å². The Hall–Kier alpha value is -1.67. The molecule has 0 unspecified atom stereocenters. The van der Waals surface area contributed by atoms with Crippen molar-refractivity contribution in [2.24, 2.45) is 11.7 Å². The molecule has 8 nitrogen and oxygen atoms in total. The summed E-state index contributed by atoms with van der Waals surface area (Å²) in [6.07, 6.45) is 0. The molecule has 0 saturated carbocycles. The molecule has 0 radical (unpaired) electrons. The summed E-state index contributed by atoms with van der Waals surface area (Å²) in [6.45, 7) is 3.47. The number of carbonyl (C=O) groups excluding carboxylic acids is 3. The van der Waals surface area contributed by atoms with Gasteiger partial charge in [0.15, 0.2) is 0 Å². The Balaban J connectivity index is 2.29. The maximum absolute atomic E-state index is 11.5. The first-order valence-electron chi connectivity index (χ1n) is 5.66.